The van der Waals surface area contributed by atoms with Gasteiger partial charge in [-0.2, -0.15) is 5.10 Å². The van der Waals surface area contributed by atoms with Crippen LogP contribution in [0.15, 0.2) is 60.8 Å². The zero-order valence-corrected chi connectivity index (χ0v) is 19.7. The molecular formula is C27H31FN4O2. The number of aromatic nitrogens is 2. The number of aryl methyl sites for hydroxylation is 2. The lowest BCUT2D eigenvalue weighted by Gasteiger charge is -2.34. The molecule has 0 saturated heterocycles. The van der Waals surface area contributed by atoms with Gasteiger partial charge in [0, 0.05) is 17.9 Å². The van der Waals surface area contributed by atoms with Gasteiger partial charge >= 0.3 is 0 Å². The second kappa shape index (κ2) is 10.6. The number of anilines is 1. The van der Waals surface area contributed by atoms with Crippen LogP contribution in [0, 0.1) is 19.7 Å². The van der Waals surface area contributed by atoms with Crippen LogP contribution in [0.3, 0.4) is 0 Å². The van der Waals surface area contributed by atoms with Crippen molar-refractivity contribution >= 4 is 17.5 Å². The van der Waals surface area contributed by atoms with E-state index in [4.69, 9.17) is 0 Å². The van der Waals surface area contributed by atoms with Crippen molar-refractivity contribution in [2.24, 2.45) is 0 Å². The molecule has 2 amide bonds. The molecule has 7 heteroatoms. The molecule has 1 N–H and O–H groups in total. The molecule has 1 aliphatic rings. The summed E-state index contributed by atoms with van der Waals surface area (Å²) in [5, 5.41) is 7.51. The van der Waals surface area contributed by atoms with Gasteiger partial charge in [-0.1, -0.05) is 49.6 Å². The van der Waals surface area contributed by atoms with Gasteiger partial charge in [-0.3, -0.25) is 19.2 Å². The van der Waals surface area contributed by atoms with Gasteiger partial charge in [0.05, 0.1) is 5.69 Å². The zero-order valence-electron chi connectivity index (χ0n) is 19.7. The smallest absolute Gasteiger partial charge is 0.249 e. The molecule has 0 aliphatic heterocycles. The largest absolute Gasteiger partial charge is 0.351 e. The number of hydrogen-bond donors (Lipinski definition) is 1. The van der Waals surface area contributed by atoms with Crippen molar-refractivity contribution in [1.82, 2.24) is 15.1 Å². The predicted molar refractivity (Wildman–Crippen MR) is 130 cm³/mol. The zero-order chi connectivity index (χ0) is 24.1. The van der Waals surface area contributed by atoms with Crippen molar-refractivity contribution in [3.8, 4) is 0 Å². The molecule has 34 heavy (non-hydrogen) atoms. The van der Waals surface area contributed by atoms with Crippen LogP contribution >= 0.6 is 0 Å². The molecule has 3 aromatic rings. The first-order valence-corrected chi connectivity index (χ1v) is 11.9. The van der Waals surface area contributed by atoms with Crippen LogP contribution < -0.4 is 10.2 Å². The monoisotopic (exact) mass is 462 g/mol. The summed E-state index contributed by atoms with van der Waals surface area (Å²) in [5.74, 6) is -1.07. The Bertz CT molecular complexity index is 1150. The van der Waals surface area contributed by atoms with Gasteiger partial charge in [0.25, 0.3) is 0 Å². The maximum Gasteiger partial charge on any atom is 0.249 e. The topological polar surface area (TPSA) is 67.2 Å². The summed E-state index contributed by atoms with van der Waals surface area (Å²) in [6, 6.07) is 14.3. The van der Waals surface area contributed by atoms with Crippen LogP contribution in [-0.2, 0) is 16.1 Å². The fraction of sp³-hybridized carbons (Fsp3) is 0.370. The van der Waals surface area contributed by atoms with E-state index in [1.807, 2.05) is 44.2 Å². The molecular weight excluding hydrogens is 431 g/mol. The van der Waals surface area contributed by atoms with Gasteiger partial charge in [-0.05, 0) is 62.1 Å². The third-order valence-electron chi connectivity index (χ3n) is 6.37. The Morgan fingerprint density at radius 3 is 2.53 bits per heavy atom. The molecule has 1 atom stereocenters. The van der Waals surface area contributed by atoms with Crippen molar-refractivity contribution in [2.75, 3.05) is 4.90 Å². The predicted octanol–water partition coefficient (Wildman–Crippen LogP) is 4.86. The number of carbonyl (C=O) groups excluding carboxylic acids is 2. The molecule has 1 heterocycles. The summed E-state index contributed by atoms with van der Waals surface area (Å²) >= 11 is 0. The second-order valence-corrected chi connectivity index (χ2v) is 9.00. The Hall–Kier alpha value is -3.48. The van der Waals surface area contributed by atoms with E-state index in [9.17, 15) is 14.0 Å². The van der Waals surface area contributed by atoms with Gasteiger partial charge in [0.1, 0.15) is 18.4 Å². The Morgan fingerprint density at radius 1 is 1.09 bits per heavy atom. The number of rotatable bonds is 7. The van der Waals surface area contributed by atoms with Crippen molar-refractivity contribution < 1.29 is 14.0 Å². The van der Waals surface area contributed by atoms with E-state index in [1.54, 1.807) is 18.3 Å². The summed E-state index contributed by atoms with van der Waals surface area (Å²) in [5.41, 5.74) is 2.72. The number of hydrogen-bond acceptors (Lipinski definition) is 3. The number of nitrogens with zero attached hydrogens (tertiary/aromatic N) is 3. The Labute approximate surface area is 199 Å². The van der Waals surface area contributed by atoms with Gasteiger partial charge in [0.15, 0.2) is 0 Å². The Kier molecular flexibility index (Phi) is 7.40. The van der Waals surface area contributed by atoms with E-state index in [1.165, 1.54) is 28.1 Å². The van der Waals surface area contributed by atoms with Crippen molar-refractivity contribution in [2.45, 2.75) is 64.6 Å². The first kappa shape index (κ1) is 23.7. The van der Waals surface area contributed by atoms with E-state index in [0.717, 1.165) is 36.9 Å². The van der Waals surface area contributed by atoms with Crippen LogP contribution in [0.5, 0.6) is 0 Å². The highest BCUT2D eigenvalue weighted by Gasteiger charge is 2.35. The molecule has 0 radical (unpaired) electrons. The van der Waals surface area contributed by atoms with E-state index < -0.39 is 11.9 Å². The Balaban J connectivity index is 1.76. The highest BCUT2D eigenvalue weighted by Crippen LogP contribution is 2.31. The molecule has 0 spiro atoms. The summed E-state index contributed by atoms with van der Waals surface area (Å²) in [4.78, 5) is 28.9. The van der Waals surface area contributed by atoms with Gasteiger partial charge in [-0.15, -0.1) is 0 Å². The molecule has 2 aromatic carbocycles. The number of amides is 2. The maximum atomic E-state index is 14.3. The molecule has 1 aliphatic carbocycles. The fourth-order valence-corrected chi connectivity index (χ4v) is 4.65. The number of benzene rings is 2. The molecule has 6 nitrogen and oxygen atoms in total. The molecule has 4 rings (SSSR count). The van der Waals surface area contributed by atoms with Crippen LogP contribution in [-0.4, -0.2) is 27.6 Å². The molecule has 1 fully saturated rings. The molecule has 1 saturated carbocycles. The summed E-state index contributed by atoms with van der Waals surface area (Å²) < 4.78 is 15.8. The highest BCUT2D eigenvalue weighted by molar-refractivity contribution is 6.01. The highest BCUT2D eigenvalue weighted by atomic mass is 19.1. The van der Waals surface area contributed by atoms with Crippen molar-refractivity contribution in [3.05, 3.63) is 83.4 Å². The fourth-order valence-electron chi connectivity index (χ4n) is 4.65. The quantitative estimate of drug-likeness (QED) is 0.545. The van der Waals surface area contributed by atoms with Crippen molar-refractivity contribution in [3.63, 3.8) is 0 Å². The van der Waals surface area contributed by atoms with Crippen LogP contribution in [0.25, 0.3) is 0 Å². The average Bonchev–Trinajstić information content (AvgIpc) is 3.23. The lowest BCUT2D eigenvalue weighted by molar-refractivity contribution is -0.127. The standard InChI is InChI=1S/C27H31FN4O2/c1-19-9-6-7-14-24(19)26(27(34)29-22-11-4-3-5-12-22)32(23-13-8-10-21(28)17-23)25(33)18-31-16-15-20(2)30-31/h6-10,13-17,22,26H,3-5,11-12,18H2,1-2H3,(H,29,34). The average molecular weight is 463 g/mol. The summed E-state index contributed by atoms with van der Waals surface area (Å²) in [7, 11) is 0. The van der Waals surface area contributed by atoms with Crippen LogP contribution in [0.2, 0.25) is 0 Å². The number of halogens is 1. The Morgan fingerprint density at radius 2 is 1.85 bits per heavy atom. The first-order valence-electron chi connectivity index (χ1n) is 11.9. The maximum absolute atomic E-state index is 14.3. The van der Waals surface area contributed by atoms with E-state index in [-0.39, 0.29) is 24.4 Å². The molecule has 178 valence electrons. The minimum Gasteiger partial charge on any atom is -0.351 e. The van der Waals surface area contributed by atoms with Gasteiger partial charge < -0.3 is 5.32 Å². The third-order valence-corrected chi connectivity index (χ3v) is 6.37. The molecule has 0 bridgehead atoms. The SMILES string of the molecule is Cc1ccn(CC(=O)N(c2cccc(F)c2)C(C(=O)NC2CCCCC2)c2ccccc2C)n1. The van der Waals surface area contributed by atoms with E-state index in [2.05, 4.69) is 10.4 Å². The second-order valence-electron chi connectivity index (χ2n) is 9.00. The lowest BCUT2D eigenvalue weighted by atomic mass is 9.93. The normalized spacial score (nSPS) is 15.0. The lowest BCUT2D eigenvalue weighted by Crippen LogP contribution is -2.48. The minimum atomic E-state index is -0.936. The first-order chi connectivity index (χ1) is 16.4. The third kappa shape index (κ3) is 5.53. The van der Waals surface area contributed by atoms with E-state index >= 15 is 0 Å². The summed E-state index contributed by atoms with van der Waals surface area (Å²) in [6.07, 6.45) is 6.89. The number of nitrogens with one attached hydrogen (secondary N) is 1. The van der Waals surface area contributed by atoms with Crippen molar-refractivity contribution in [1.29, 1.82) is 0 Å². The van der Waals surface area contributed by atoms with Gasteiger partial charge in [0.2, 0.25) is 11.8 Å². The molecule has 1 aromatic heterocycles. The minimum absolute atomic E-state index is 0.0660. The molecule has 1 unspecified atom stereocenters. The summed E-state index contributed by atoms with van der Waals surface area (Å²) in [6.45, 7) is 3.70. The van der Waals surface area contributed by atoms with Crippen LogP contribution in [0.4, 0.5) is 10.1 Å². The van der Waals surface area contributed by atoms with Gasteiger partial charge in [-0.25, -0.2) is 4.39 Å². The number of carbonyl (C=O) groups is 2. The van der Waals surface area contributed by atoms with Crippen LogP contribution in [0.1, 0.15) is 55.0 Å². The van der Waals surface area contributed by atoms with E-state index in [0.29, 0.717) is 11.3 Å².